The summed E-state index contributed by atoms with van der Waals surface area (Å²) < 4.78 is 0. The minimum absolute atomic E-state index is 0.142. The molecule has 0 fully saturated rings. The fourth-order valence-electron chi connectivity index (χ4n) is 2.28. The first-order chi connectivity index (χ1) is 12.6. The summed E-state index contributed by atoms with van der Waals surface area (Å²) in [5.74, 6) is 0.684. The van der Waals surface area contributed by atoms with Crippen molar-refractivity contribution in [1.82, 2.24) is 16.0 Å². The van der Waals surface area contributed by atoms with Crippen LogP contribution in [0.2, 0.25) is 0 Å². The Labute approximate surface area is 154 Å². The van der Waals surface area contributed by atoms with E-state index >= 15 is 0 Å². The number of aromatic hydroxyl groups is 1. The van der Waals surface area contributed by atoms with Crippen LogP contribution < -0.4 is 16.0 Å². The van der Waals surface area contributed by atoms with Gasteiger partial charge in [0.1, 0.15) is 5.75 Å². The Kier molecular flexibility index (Phi) is 7.49. The van der Waals surface area contributed by atoms with Crippen LogP contribution in [0.3, 0.4) is 0 Å². The molecule has 0 radical (unpaired) electrons. The first-order valence-electron chi connectivity index (χ1n) is 8.73. The molecule has 0 spiro atoms. The van der Waals surface area contributed by atoms with E-state index in [2.05, 4.69) is 52.1 Å². The number of carbonyl (C=O) groups excluding carboxylic acids is 1. The average molecular weight is 354 g/mol. The average Bonchev–Trinajstić information content (AvgIpc) is 2.64. The maximum atomic E-state index is 12.0. The number of rotatable bonds is 7. The first kappa shape index (κ1) is 19.3. The second kappa shape index (κ2) is 10.1. The summed E-state index contributed by atoms with van der Waals surface area (Å²) in [7, 11) is 0. The molecule has 138 valence electrons. The van der Waals surface area contributed by atoms with Crippen molar-refractivity contribution in [3.8, 4) is 5.75 Å². The molecule has 4 N–H and O–H groups in total. The number of benzene rings is 2. The number of hydrogen-bond donors (Lipinski definition) is 4. The lowest BCUT2D eigenvalue weighted by Crippen LogP contribution is -2.41. The Morgan fingerprint density at radius 3 is 2.27 bits per heavy atom. The lowest BCUT2D eigenvalue weighted by atomic mass is 10.1. The van der Waals surface area contributed by atoms with Gasteiger partial charge in [-0.25, -0.2) is 4.99 Å². The van der Waals surface area contributed by atoms with Crippen molar-refractivity contribution in [3.05, 3.63) is 65.2 Å². The smallest absolute Gasteiger partial charge is 0.251 e. The number of nitrogens with one attached hydrogen (secondary N) is 3. The Morgan fingerprint density at radius 1 is 0.962 bits per heavy atom. The highest BCUT2D eigenvalue weighted by Crippen LogP contribution is 2.09. The van der Waals surface area contributed by atoms with Crippen molar-refractivity contribution >= 4 is 11.9 Å². The molecule has 0 aliphatic heterocycles. The van der Waals surface area contributed by atoms with Gasteiger partial charge in [-0.3, -0.25) is 4.79 Å². The number of guanidine groups is 1. The minimum Gasteiger partial charge on any atom is -0.508 e. The van der Waals surface area contributed by atoms with Crippen molar-refractivity contribution in [1.29, 1.82) is 0 Å². The number of phenolic OH excluding ortho intramolecular Hbond substituents is 1. The van der Waals surface area contributed by atoms with Gasteiger partial charge in [0.25, 0.3) is 5.91 Å². The highest BCUT2D eigenvalue weighted by atomic mass is 16.3. The van der Waals surface area contributed by atoms with Crippen LogP contribution in [-0.2, 0) is 6.54 Å². The molecule has 2 rings (SSSR count). The summed E-state index contributed by atoms with van der Waals surface area (Å²) in [6, 6.07) is 14.5. The predicted octanol–water partition coefficient (Wildman–Crippen LogP) is 2.19. The van der Waals surface area contributed by atoms with E-state index in [9.17, 15) is 9.90 Å². The maximum absolute atomic E-state index is 12.0. The van der Waals surface area contributed by atoms with E-state index in [1.807, 2.05) is 6.92 Å². The van der Waals surface area contributed by atoms with Crippen molar-refractivity contribution in [2.24, 2.45) is 4.99 Å². The van der Waals surface area contributed by atoms with E-state index in [0.717, 1.165) is 12.1 Å². The zero-order chi connectivity index (χ0) is 18.8. The largest absolute Gasteiger partial charge is 0.508 e. The molecule has 0 aliphatic rings. The molecule has 0 atom stereocenters. The van der Waals surface area contributed by atoms with Crippen LogP contribution in [0.15, 0.2) is 53.5 Å². The molecule has 2 aromatic rings. The molecular weight excluding hydrogens is 328 g/mol. The predicted molar refractivity (Wildman–Crippen MR) is 104 cm³/mol. The first-order valence-corrected chi connectivity index (χ1v) is 8.73. The second-order valence-electron chi connectivity index (χ2n) is 5.91. The number of hydrogen-bond acceptors (Lipinski definition) is 3. The number of nitrogens with zero attached hydrogens (tertiary/aromatic N) is 1. The van der Waals surface area contributed by atoms with Gasteiger partial charge in [0.2, 0.25) is 0 Å². The van der Waals surface area contributed by atoms with Gasteiger partial charge in [0, 0.05) is 25.2 Å². The SMILES string of the molecule is CCNC(=NCc1ccc(C)cc1)NCCNC(=O)c1ccc(O)cc1. The zero-order valence-corrected chi connectivity index (χ0v) is 15.2. The maximum Gasteiger partial charge on any atom is 0.251 e. The summed E-state index contributed by atoms with van der Waals surface area (Å²) in [6.07, 6.45) is 0. The summed E-state index contributed by atoms with van der Waals surface area (Å²) >= 11 is 0. The Hall–Kier alpha value is -3.02. The van der Waals surface area contributed by atoms with E-state index in [1.165, 1.54) is 17.7 Å². The van der Waals surface area contributed by atoms with E-state index < -0.39 is 0 Å². The van der Waals surface area contributed by atoms with Gasteiger partial charge >= 0.3 is 0 Å². The van der Waals surface area contributed by atoms with E-state index in [0.29, 0.717) is 31.2 Å². The summed E-state index contributed by atoms with van der Waals surface area (Å²) in [5, 5.41) is 18.5. The normalized spacial score (nSPS) is 11.1. The van der Waals surface area contributed by atoms with Crippen LogP contribution in [0.25, 0.3) is 0 Å². The molecule has 0 bridgehead atoms. The quantitative estimate of drug-likeness (QED) is 0.349. The van der Waals surface area contributed by atoms with Gasteiger partial charge in [-0.1, -0.05) is 29.8 Å². The summed E-state index contributed by atoms with van der Waals surface area (Å²) in [5.41, 5.74) is 2.89. The fraction of sp³-hybridized carbons (Fsp3) is 0.300. The van der Waals surface area contributed by atoms with Crippen molar-refractivity contribution in [3.63, 3.8) is 0 Å². The monoisotopic (exact) mass is 354 g/mol. The molecule has 0 aromatic heterocycles. The molecule has 6 heteroatoms. The standard InChI is InChI=1S/C20H26N4O2/c1-3-21-20(24-14-16-6-4-15(2)5-7-16)23-13-12-22-19(26)17-8-10-18(25)11-9-17/h4-11,25H,3,12-14H2,1-2H3,(H,22,26)(H2,21,23,24). The summed E-state index contributed by atoms with van der Waals surface area (Å²) in [6.45, 7) is 6.45. The highest BCUT2D eigenvalue weighted by Gasteiger charge is 2.04. The zero-order valence-electron chi connectivity index (χ0n) is 15.2. The van der Waals surface area contributed by atoms with E-state index in [-0.39, 0.29) is 11.7 Å². The Morgan fingerprint density at radius 2 is 1.62 bits per heavy atom. The lowest BCUT2D eigenvalue weighted by molar-refractivity contribution is 0.0954. The number of phenols is 1. The van der Waals surface area contributed by atoms with Gasteiger partial charge in [-0.15, -0.1) is 0 Å². The molecule has 0 saturated carbocycles. The molecule has 6 nitrogen and oxygen atoms in total. The van der Waals surface area contributed by atoms with Gasteiger partial charge in [-0.2, -0.15) is 0 Å². The molecule has 2 aromatic carbocycles. The minimum atomic E-state index is -0.173. The Bertz CT molecular complexity index is 724. The van der Waals surface area contributed by atoms with Gasteiger partial charge < -0.3 is 21.1 Å². The number of aryl methyl sites for hydroxylation is 1. The van der Waals surface area contributed by atoms with Gasteiger partial charge in [0.05, 0.1) is 6.54 Å². The molecule has 0 heterocycles. The summed E-state index contributed by atoms with van der Waals surface area (Å²) in [4.78, 5) is 16.6. The number of carbonyl (C=O) groups is 1. The third-order valence-corrected chi connectivity index (χ3v) is 3.72. The van der Waals surface area contributed by atoms with Crippen LogP contribution in [0.4, 0.5) is 0 Å². The molecular formula is C20H26N4O2. The molecule has 0 unspecified atom stereocenters. The second-order valence-corrected chi connectivity index (χ2v) is 5.91. The third kappa shape index (κ3) is 6.47. The van der Waals surface area contributed by atoms with Gasteiger partial charge in [0.15, 0.2) is 5.96 Å². The van der Waals surface area contributed by atoms with E-state index in [4.69, 9.17) is 0 Å². The van der Waals surface area contributed by atoms with Crippen molar-refractivity contribution < 1.29 is 9.90 Å². The number of amides is 1. The third-order valence-electron chi connectivity index (χ3n) is 3.72. The number of aliphatic imine (C=N–C) groups is 1. The van der Waals surface area contributed by atoms with Crippen LogP contribution in [0, 0.1) is 6.92 Å². The van der Waals surface area contributed by atoms with E-state index in [1.54, 1.807) is 12.1 Å². The molecule has 0 aliphatic carbocycles. The van der Waals surface area contributed by atoms with Crippen LogP contribution in [0.5, 0.6) is 5.75 Å². The Balaban J connectivity index is 1.78. The lowest BCUT2D eigenvalue weighted by Gasteiger charge is -2.12. The molecule has 1 amide bonds. The molecule has 26 heavy (non-hydrogen) atoms. The van der Waals surface area contributed by atoms with Gasteiger partial charge in [-0.05, 0) is 43.7 Å². The van der Waals surface area contributed by atoms with Crippen molar-refractivity contribution in [2.75, 3.05) is 19.6 Å². The van der Waals surface area contributed by atoms with Crippen LogP contribution >= 0.6 is 0 Å². The topological polar surface area (TPSA) is 85.8 Å². The van der Waals surface area contributed by atoms with Crippen molar-refractivity contribution in [2.45, 2.75) is 20.4 Å². The highest BCUT2D eigenvalue weighted by molar-refractivity contribution is 5.94. The molecule has 0 saturated heterocycles. The fourth-order valence-corrected chi connectivity index (χ4v) is 2.28. The van der Waals surface area contributed by atoms with Crippen LogP contribution in [0.1, 0.15) is 28.4 Å². The van der Waals surface area contributed by atoms with Crippen LogP contribution in [-0.4, -0.2) is 36.6 Å².